The minimum Gasteiger partial charge on any atom is -0.508 e. The van der Waals surface area contributed by atoms with Crippen LogP contribution in [0.4, 0.5) is 13.2 Å². The molecule has 21 heavy (non-hydrogen) atoms. The van der Waals surface area contributed by atoms with Gasteiger partial charge in [0, 0.05) is 19.2 Å². The maximum atomic E-state index is 12.4. The van der Waals surface area contributed by atoms with Crippen LogP contribution in [-0.4, -0.2) is 50.5 Å². The maximum absolute atomic E-state index is 12.4. The van der Waals surface area contributed by atoms with Crippen molar-refractivity contribution in [3.63, 3.8) is 0 Å². The van der Waals surface area contributed by atoms with Gasteiger partial charge < -0.3 is 14.6 Å². The summed E-state index contributed by atoms with van der Waals surface area (Å²) in [5.74, 6) is -1.50. The summed E-state index contributed by atoms with van der Waals surface area (Å²) in [6.07, 6.45) is -5.07. The molecular weight excluding hydrogens is 315 g/mol. The molecule has 1 fully saturated rings. The van der Waals surface area contributed by atoms with Crippen LogP contribution in [0.5, 0.6) is 11.5 Å². The van der Waals surface area contributed by atoms with Crippen molar-refractivity contribution in [1.29, 1.82) is 0 Å². The van der Waals surface area contributed by atoms with Crippen LogP contribution in [-0.2, 0) is 14.8 Å². The zero-order valence-corrected chi connectivity index (χ0v) is 11.4. The van der Waals surface area contributed by atoms with Crippen molar-refractivity contribution in [2.75, 3.05) is 26.3 Å². The molecule has 118 valence electrons. The van der Waals surface area contributed by atoms with Crippen LogP contribution in [0.15, 0.2) is 23.1 Å². The van der Waals surface area contributed by atoms with E-state index in [0.717, 1.165) is 16.4 Å². The number of alkyl halides is 3. The summed E-state index contributed by atoms with van der Waals surface area (Å²) >= 11 is 0. The molecule has 1 saturated heterocycles. The third-order valence-electron chi connectivity index (χ3n) is 2.74. The van der Waals surface area contributed by atoms with E-state index in [-0.39, 0.29) is 26.3 Å². The normalized spacial score (nSPS) is 17.7. The van der Waals surface area contributed by atoms with Gasteiger partial charge in [-0.05, 0) is 12.1 Å². The Kier molecular flexibility index (Phi) is 4.30. The Labute approximate surface area is 118 Å². The van der Waals surface area contributed by atoms with E-state index >= 15 is 0 Å². The monoisotopic (exact) mass is 327 g/mol. The number of phenolic OH excluding ortho intramolecular Hbond substituents is 1. The summed E-state index contributed by atoms with van der Waals surface area (Å²) in [5, 5.41) is 9.23. The second kappa shape index (κ2) is 5.70. The van der Waals surface area contributed by atoms with Crippen LogP contribution in [0, 0.1) is 0 Å². The van der Waals surface area contributed by atoms with E-state index in [1.165, 1.54) is 0 Å². The second-order valence-electron chi connectivity index (χ2n) is 4.20. The minimum atomic E-state index is -5.07. The molecule has 1 N–H and O–H groups in total. The van der Waals surface area contributed by atoms with Gasteiger partial charge in [-0.1, -0.05) is 0 Å². The fourth-order valence-electron chi connectivity index (χ4n) is 1.84. The lowest BCUT2D eigenvalue weighted by Gasteiger charge is -2.26. The maximum Gasteiger partial charge on any atom is 0.573 e. The molecule has 0 aliphatic carbocycles. The number of sulfonamides is 1. The molecule has 1 heterocycles. The van der Waals surface area contributed by atoms with Crippen LogP contribution in [0.1, 0.15) is 0 Å². The largest absolute Gasteiger partial charge is 0.573 e. The van der Waals surface area contributed by atoms with Crippen LogP contribution >= 0.6 is 0 Å². The number of morpholine rings is 1. The van der Waals surface area contributed by atoms with Crippen LogP contribution < -0.4 is 4.74 Å². The predicted molar refractivity (Wildman–Crippen MR) is 64.4 cm³/mol. The smallest absolute Gasteiger partial charge is 0.508 e. The molecule has 1 aromatic carbocycles. The fourth-order valence-corrected chi connectivity index (χ4v) is 3.34. The van der Waals surface area contributed by atoms with Crippen LogP contribution in [0.25, 0.3) is 0 Å². The van der Waals surface area contributed by atoms with Crippen LogP contribution in [0.2, 0.25) is 0 Å². The molecule has 10 heteroatoms. The van der Waals surface area contributed by atoms with E-state index in [9.17, 15) is 26.7 Å². The Balaban J connectivity index is 2.42. The first-order valence-electron chi connectivity index (χ1n) is 5.87. The Morgan fingerprint density at radius 3 is 2.43 bits per heavy atom. The lowest BCUT2D eigenvalue weighted by Crippen LogP contribution is -2.40. The Bertz CT molecular complexity index is 611. The van der Waals surface area contributed by atoms with E-state index in [2.05, 4.69) is 4.74 Å². The first-order valence-corrected chi connectivity index (χ1v) is 7.31. The van der Waals surface area contributed by atoms with E-state index in [1.54, 1.807) is 0 Å². The van der Waals surface area contributed by atoms with Gasteiger partial charge in [-0.2, -0.15) is 4.31 Å². The highest BCUT2D eigenvalue weighted by atomic mass is 32.2. The molecule has 0 aromatic heterocycles. The number of aromatic hydroxyl groups is 1. The first kappa shape index (κ1) is 15.9. The number of nitrogens with zero attached hydrogens (tertiary/aromatic N) is 1. The number of rotatable bonds is 3. The Hall–Kier alpha value is -1.52. The molecule has 1 aliphatic heterocycles. The molecule has 0 spiro atoms. The summed E-state index contributed by atoms with van der Waals surface area (Å²) < 4.78 is 71.4. The van der Waals surface area contributed by atoms with Gasteiger partial charge in [0.1, 0.15) is 10.6 Å². The zero-order valence-electron chi connectivity index (χ0n) is 10.6. The SMILES string of the molecule is O=S(=O)(c1ccc(O)cc1OC(F)(F)F)N1CCOCC1. The molecule has 0 unspecified atom stereocenters. The summed E-state index contributed by atoms with van der Waals surface area (Å²) in [6, 6.07) is 2.47. The lowest BCUT2D eigenvalue weighted by molar-refractivity contribution is -0.275. The van der Waals surface area contributed by atoms with Gasteiger partial charge in [-0.3, -0.25) is 0 Å². The standard InChI is InChI=1S/C11H12F3NO5S/c12-11(13,14)20-9-7-8(16)1-2-10(9)21(17,18)15-3-5-19-6-4-15/h1-2,7,16H,3-6H2. The van der Waals surface area contributed by atoms with Crippen molar-refractivity contribution in [3.8, 4) is 11.5 Å². The van der Waals surface area contributed by atoms with E-state index in [4.69, 9.17) is 4.74 Å². The van der Waals surface area contributed by atoms with Gasteiger partial charge in [0.05, 0.1) is 13.2 Å². The van der Waals surface area contributed by atoms with Gasteiger partial charge >= 0.3 is 6.36 Å². The molecule has 0 saturated carbocycles. The topological polar surface area (TPSA) is 76.1 Å². The van der Waals surface area contributed by atoms with Gasteiger partial charge in [-0.15, -0.1) is 13.2 Å². The number of benzene rings is 1. The van der Waals surface area contributed by atoms with Gasteiger partial charge in [0.2, 0.25) is 10.0 Å². The molecule has 0 bridgehead atoms. The van der Waals surface area contributed by atoms with Gasteiger partial charge in [0.25, 0.3) is 0 Å². The highest BCUT2D eigenvalue weighted by molar-refractivity contribution is 7.89. The number of ether oxygens (including phenoxy) is 2. The van der Waals surface area contributed by atoms with Crippen molar-refractivity contribution < 1.29 is 36.2 Å². The molecule has 1 aromatic rings. The minimum absolute atomic E-state index is 0.0364. The number of phenols is 1. The fraction of sp³-hybridized carbons (Fsp3) is 0.455. The molecule has 1 aliphatic rings. The predicted octanol–water partition coefficient (Wildman–Crippen LogP) is 1.31. The highest BCUT2D eigenvalue weighted by Gasteiger charge is 2.36. The van der Waals surface area contributed by atoms with E-state index in [1.807, 2.05) is 0 Å². The van der Waals surface area contributed by atoms with Crippen molar-refractivity contribution in [2.24, 2.45) is 0 Å². The summed E-state index contributed by atoms with van der Waals surface area (Å²) in [6.45, 7) is 0.392. The average molecular weight is 327 g/mol. The van der Waals surface area contributed by atoms with Crippen LogP contribution in [0.3, 0.4) is 0 Å². The highest BCUT2D eigenvalue weighted by Crippen LogP contribution is 2.34. The summed E-state index contributed by atoms with van der Waals surface area (Å²) in [7, 11) is -4.16. The van der Waals surface area contributed by atoms with Crippen molar-refractivity contribution in [1.82, 2.24) is 4.31 Å². The third kappa shape index (κ3) is 3.77. The molecule has 0 amide bonds. The van der Waals surface area contributed by atoms with Crippen molar-refractivity contribution in [2.45, 2.75) is 11.3 Å². The quantitative estimate of drug-likeness (QED) is 0.906. The molecule has 0 atom stereocenters. The molecular formula is C11H12F3NO5S. The third-order valence-corrected chi connectivity index (χ3v) is 4.68. The number of hydrogen-bond donors (Lipinski definition) is 1. The molecule has 2 rings (SSSR count). The van der Waals surface area contributed by atoms with Gasteiger partial charge in [-0.25, -0.2) is 8.42 Å². The summed E-state index contributed by atoms with van der Waals surface area (Å²) in [5.41, 5.74) is 0. The van der Waals surface area contributed by atoms with E-state index < -0.39 is 32.8 Å². The Morgan fingerprint density at radius 2 is 1.86 bits per heavy atom. The first-order chi connectivity index (χ1) is 9.70. The number of halogens is 3. The average Bonchev–Trinajstić information content (AvgIpc) is 2.37. The lowest BCUT2D eigenvalue weighted by atomic mass is 10.3. The second-order valence-corrected chi connectivity index (χ2v) is 6.10. The van der Waals surface area contributed by atoms with Gasteiger partial charge in [0.15, 0.2) is 5.75 Å². The Morgan fingerprint density at radius 1 is 1.24 bits per heavy atom. The molecule has 6 nitrogen and oxygen atoms in total. The summed E-state index contributed by atoms with van der Waals surface area (Å²) in [4.78, 5) is -0.653. The number of hydrogen-bond acceptors (Lipinski definition) is 5. The van der Waals surface area contributed by atoms with Crippen molar-refractivity contribution >= 4 is 10.0 Å². The molecule has 0 radical (unpaired) electrons. The zero-order chi connectivity index (χ0) is 15.7. The van der Waals surface area contributed by atoms with E-state index in [0.29, 0.717) is 6.07 Å². The van der Waals surface area contributed by atoms with Crippen molar-refractivity contribution in [3.05, 3.63) is 18.2 Å².